The van der Waals surface area contributed by atoms with Crippen molar-refractivity contribution in [2.45, 2.75) is 25.5 Å². The molecule has 0 saturated heterocycles. The molecule has 0 aliphatic heterocycles. The number of carbonyl (C=O) groups is 1. The van der Waals surface area contributed by atoms with E-state index in [9.17, 15) is 4.79 Å². The first kappa shape index (κ1) is 14.3. The third kappa shape index (κ3) is 4.86. The van der Waals surface area contributed by atoms with Crippen LogP contribution in [-0.4, -0.2) is 12.0 Å². The summed E-state index contributed by atoms with van der Waals surface area (Å²) in [6.45, 7) is 0.331. The van der Waals surface area contributed by atoms with Crippen LogP contribution in [0.3, 0.4) is 0 Å². The molecule has 2 aromatic carbocycles. The molecule has 2 rings (SSSR count). The van der Waals surface area contributed by atoms with E-state index in [0.717, 1.165) is 12.0 Å². The van der Waals surface area contributed by atoms with Crippen molar-refractivity contribution in [1.82, 2.24) is 0 Å². The zero-order valence-electron chi connectivity index (χ0n) is 11.5. The predicted octanol–water partition coefficient (Wildman–Crippen LogP) is 1.97. The van der Waals surface area contributed by atoms with Crippen LogP contribution in [-0.2, 0) is 22.6 Å². The van der Waals surface area contributed by atoms with Gasteiger partial charge < -0.3 is 10.5 Å². The first-order valence-electron chi connectivity index (χ1n) is 6.80. The van der Waals surface area contributed by atoms with Gasteiger partial charge in [0.25, 0.3) is 0 Å². The third-order valence-electron chi connectivity index (χ3n) is 3.07. The van der Waals surface area contributed by atoms with E-state index in [4.69, 9.17) is 4.74 Å². The number of hydrogen-bond acceptors (Lipinski definition) is 2. The Kier molecular flexibility index (Phi) is 5.33. The zero-order valence-corrected chi connectivity index (χ0v) is 11.5. The molecule has 1 atom stereocenters. The van der Waals surface area contributed by atoms with Crippen molar-refractivity contribution in [1.29, 1.82) is 0 Å². The SMILES string of the molecule is [NH3+][C@H](CC(=O)OCc1ccccc1)Cc1ccccc1. The van der Waals surface area contributed by atoms with Crippen molar-refractivity contribution in [3.8, 4) is 0 Å². The standard InChI is InChI=1S/C17H19NO2/c18-16(11-14-7-3-1-4-8-14)12-17(19)20-13-15-9-5-2-6-10-15/h1-10,16H,11-13,18H2/p+1/t16-/m0/s1. The molecule has 3 nitrogen and oxygen atoms in total. The smallest absolute Gasteiger partial charge is 0.312 e. The number of carbonyl (C=O) groups excluding carboxylic acids is 1. The number of ether oxygens (including phenoxy) is 1. The van der Waals surface area contributed by atoms with Gasteiger partial charge in [0.2, 0.25) is 0 Å². The van der Waals surface area contributed by atoms with Gasteiger partial charge in [0, 0.05) is 6.42 Å². The Labute approximate surface area is 119 Å². The molecule has 0 saturated carbocycles. The van der Waals surface area contributed by atoms with E-state index in [-0.39, 0.29) is 12.0 Å². The van der Waals surface area contributed by atoms with Crippen LogP contribution in [0.4, 0.5) is 0 Å². The Balaban J connectivity index is 1.74. The largest absolute Gasteiger partial charge is 0.461 e. The van der Waals surface area contributed by atoms with Crippen LogP contribution >= 0.6 is 0 Å². The summed E-state index contributed by atoms with van der Waals surface area (Å²) in [4.78, 5) is 11.8. The number of quaternary nitrogens is 1. The molecule has 0 bridgehead atoms. The van der Waals surface area contributed by atoms with Crippen LogP contribution in [0, 0.1) is 0 Å². The normalized spacial score (nSPS) is 11.8. The minimum absolute atomic E-state index is 0.0423. The molecule has 3 heteroatoms. The molecule has 0 heterocycles. The summed E-state index contributed by atoms with van der Waals surface area (Å²) in [7, 11) is 0. The molecule has 3 N–H and O–H groups in total. The summed E-state index contributed by atoms with van der Waals surface area (Å²) in [6.07, 6.45) is 1.14. The molecule has 0 spiro atoms. The second-order valence-corrected chi connectivity index (χ2v) is 4.91. The lowest BCUT2D eigenvalue weighted by molar-refractivity contribution is -0.418. The summed E-state index contributed by atoms with van der Waals surface area (Å²) in [5, 5.41) is 0. The van der Waals surface area contributed by atoms with Gasteiger partial charge in [-0.2, -0.15) is 0 Å². The summed E-state index contributed by atoms with van der Waals surface area (Å²) in [6, 6.07) is 19.8. The fourth-order valence-electron chi connectivity index (χ4n) is 2.05. The van der Waals surface area contributed by atoms with E-state index in [1.807, 2.05) is 60.7 Å². The van der Waals surface area contributed by atoms with Gasteiger partial charge in [0.05, 0.1) is 12.5 Å². The fraction of sp³-hybridized carbons (Fsp3) is 0.235. The van der Waals surface area contributed by atoms with Crippen molar-refractivity contribution >= 4 is 5.97 Å². The minimum atomic E-state index is -0.190. The number of esters is 1. The van der Waals surface area contributed by atoms with Crippen LogP contribution in [0.15, 0.2) is 60.7 Å². The van der Waals surface area contributed by atoms with E-state index >= 15 is 0 Å². The highest BCUT2D eigenvalue weighted by molar-refractivity contribution is 5.69. The highest BCUT2D eigenvalue weighted by atomic mass is 16.5. The molecule has 20 heavy (non-hydrogen) atoms. The lowest BCUT2D eigenvalue weighted by atomic mass is 10.0. The maximum atomic E-state index is 11.8. The average Bonchev–Trinajstić information content (AvgIpc) is 2.47. The second-order valence-electron chi connectivity index (χ2n) is 4.91. The molecular weight excluding hydrogens is 250 g/mol. The lowest BCUT2D eigenvalue weighted by Crippen LogP contribution is -2.62. The third-order valence-corrected chi connectivity index (χ3v) is 3.07. The van der Waals surface area contributed by atoms with Gasteiger partial charge in [-0.05, 0) is 11.1 Å². The maximum absolute atomic E-state index is 11.8. The Hall–Kier alpha value is -2.13. The van der Waals surface area contributed by atoms with Crippen molar-refractivity contribution < 1.29 is 15.3 Å². The Morgan fingerprint density at radius 3 is 2.10 bits per heavy atom. The van der Waals surface area contributed by atoms with Gasteiger partial charge in [-0.3, -0.25) is 4.79 Å². The molecule has 0 radical (unpaired) electrons. The van der Waals surface area contributed by atoms with E-state index in [2.05, 4.69) is 5.73 Å². The Morgan fingerprint density at radius 2 is 1.50 bits per heavy atom. The van der Waals surface area contributed by atoms with Gasteiger partial charge in [-0.1, -0.05) is 60.7 Å². The first-order valence-corrected chi connectivity index (χ1v) is 6.80. The molecule has 2 aromatic rings. The summed E-state index contributed by atoms with van der Waals surface area (Å²) in [5.41, 5.74) is 6.23. The summed E-state index contributed by atoms with van der Waals surface area (Å²) >= 11 is 0. The molecule has 0 unspecified atom stereocenters. The highest BCUT2D eigenvalue weighted by Crippen LogP contribution is 2.05. The van der Waals surface area contributed by atoms with E-state index in [1.54, 1.807) is 0 Å². The van der Waals surface area contributed by atoms with Crippen LogP contribution in [0.2, 0.25) is 0 Å². The molecular formula is C17H20NO2+. The second kappa shape index (κ2) is 7.46. The monoisotopic (exact) mass is 270 g/mol. The number of hydrogen-bond donors (Lipinski definition) is 1. The molecule has 0 aliphatic carbocycles. The van der Waals surface area contributed by atoms with E-state index in [0.29, 0.717) is 13.0 Å². The highest BCUT2D eigenvalue weighted by Gasteiger charge is 2.14. The Morgan fingerprint density at radius 1 is 0.950 bits per heavy atom. The van der Waals surface area contributed by atoms with Gasteiger partial charge in [-0.25, -0.2) is 0 Å². The van der Waals surface area contributed by atoms with Crippen LogP contribution in [0.25, 0.3) is 0 Å². The van der Waals surface area contributed by atoms with Gasteiger partial charge >= 0.3 is 5.97 Å². The van der Waals surface area contributed by atoms with Crippen molar-refractivity contribution in [2.24, 2.45) is 0 Å². The van der Waals surface area contributed by atoms with Gasteiger partial charge in [-0.15, -0.1) is 0 Å². The van der Waals surface area contributed by atoms with Gasteiger partial charge in [0.15, 0.2) is 0 Å². The summed E-state index contributed by atoms with van der Waals surface area (Å²) in [5.74, 6) is -0.190. The lowest BCUT2D eigenvalue weighted by Gasteiger charge is -2.09. The first-order chi connectivity index (χ1) is 9.74. The quantitative estimate of drug-likeness (QED) is 0.816. The average molecular weight is 270 g/mol. The molecule has 0 aromatic heterocycles. The Bertz CT molecular complexity index is 525. The number of benzene rings is 2. The minimum Gasteiger partial charge on any atom is -0.461 e. The van der Waals surface area contributed by atoms with E-state index in [1.165, 1.54) is 5.56 Å². The van der Waals surface area contributed by atoms with Crippen LogP contribution in [0.5, 0.6) is 0 Å². The maximum Gasteiger partial charge on any atom is 0.312 e. The molecule has 0 aliphatic rings. The zero-order chi connectivity index (χ0) is 14.2. The predicted molar refractivity (Wildman–Crippen MR) is 77.7 cm³/mol. The summed E-state index contributed by atoms with van der Waals surface area (Å²) < 4.78 is 5.26. The van der Waals surface area contributed by atoms with E-state index < -0.39 is 0 Å². The fourth-order valence-corrected chi connectivity index (χ4v) is 2.05. The number of rotatable bonds is 6. The molecule has 104 valence electrons. The molecule has 0 fully saturated rings. The van der Waals surface area contributed by atoms with Crippen LogP contribution in [0.1, 0.15) is 17.5 Å². The van der Waals surface area contributed by atoms with Gasteiger partial charge in [0.1, 0.15) is 6.61 Å². The molecule has 0 amide bonds. The van der Waals surface area contributed by atoms with Crippen molar-refractivity contribution in [2.75, 3.05) is 0 Å². The van der Waals surface area contributed by atoms with Crippen LogP contribution < -0.4 is 5.73 Å². The topological polar surface area (TPSA) is 53.9 Å². The van der Waals surface area contributed by atoms with Crippen molar-refractivity contribution in [3.05, 3.63) is 71.8 Å². The van der Waals surface area contributed by atoms with Crippen molar-refractivity contribution in [3.63, 3.8) is 0 Å².